The molecule has 5 nitrogen and oxygen atoms in total. The summed E-state index contributed by atoms with van der Waals surface area (Å²) in [5.41, 5.74) is 1.89. The fraction of sp³-hybridized carbons (Fsp3) is 0.167. The number of aromatic nitrogens is 1. The molecular formula is C18H16N2O3. The lowest BCUT2D eigenvalue weighted by molar-refractivity contribution is -0.139. The molecule has 1 N–H and O–H groups in total. The van der Waals surface area contributed by atoms with E-state index < -0.39 is 12.1 Å². The third-order valence-corrected chi connectivity index (χ3v) is 3.51. The molecule has 0 bridgehead atoms. The second kappa shape index (κ2) is 6.87. The number of aliphatic imine (C=N–C) groups is 1. The number of cyclic esters (lactones) is 1. The van der Waals surface area contributed by atoms with Crippen molar-refractivity contribution in [2.75, 3.05) is 0 Å². The highest BCUT2D eigenvalue weighted by atomic mass is 16.6. The standard InChI is InChI=1S/C18H16N2O3/c21-17-15(12-19-11-13-6-2-1-3-7-13)18(22)23-16(17)10-14-8-4-5-9-20-14/h1-9,12,16,21H,10-11H2. The molecule has 1 aliphatic rings. The number of carbonyl (C=O) groups excluding carboxylic acids is 1. The van der Waals surface area contributed by atoms with Gasteiger partial charge in [0.05, 0.1) is 6.54 Å². The van der Waals surface area contributed by atoms with Gasteiger partial charge in [-0.3, -0.25) is 9.98 Å². The smallest absolute Gasteiger partial charge is 0.344 e. The Kier molecular flexibility index (Phi) is 4.47. The van der Waals surface area contributed by atoms with E-state index in [1.165, 1.54) is 6.21 Å². The summed E-state index contributed by atoms with van der Waals surface area (Å²) in [7, 11) is 0. The largest absolute Gasteiger partial charge is 0.507 e. The maximum absolute atomic E-state index is 11.9. The minimum absolute atomic E-state index is 0.0857. The van der Waals surface area contributed by atoms with Gasteiger partial charge in [0.25, 0.3) is 0 Å². The van der Waals surface area contributed by atoms with Crippen molar-refractivity contribution in [2.45, 2.75) is 19.1 Å². The number of aliphatic hydroxyl groups is 1. The molecule has 0 saturated heterocycles. The lowest BCUT2D eigenvalue weighted by Crippen LogP contribution is -2.15. The normalized spacial score (nSPS) is 17.7. The monoisotopic (exact) mass is 308 g/mol. The van der Waals surface area contributed by atoms with Crippen LogP contribution in [-0.4, -0.2) is 28.4 Å². The number of rotatable bonds is 5. The summed E-state index contributed by atoms with van der Waals surface area (Å²) in [5, 5.41) is 10.2. The zero-order chi connectivity index (χ0) is 16.1. The fourth-order valence-corrected chi connectivity index (χ4v) is 2.32. The van der Waals surface area contributed by atoms with E-state index in [9.17, 15) is 9.90 Å². The van der Waals surface area contributed by atoms with Crippen molar-refractivity contribution in [3.8, 4) is 0 Å². The molecule has 0 saturated carbocycles. The quantitative estimate of drug-likeness (QED) is 0.681. The minimum Gasteiger partial charge on any atom is -0.507 e. The molecule has 2 heterocycles. The predicted molar refractivity (Wildman–Crippen MR) is 86.1 cm³/mol. The first kappa shape index (κ1) is 15.0. The Morgan fingerprint density at radius 3 is 2.70 bits per heavy atom. The van der Waals surface area contributed by atoms with Gasteiger partial charge < -0.3 is 9.84 Å². The third kappa shape index (κ3) is 3.63. The number of hydrogen-bond acceptors (Lipinski definition) is 5. The second-order valence-corrected chi connectivity index (χ2v) is 5.17. The molecule has 0 fully saturated rings. The van der Waals surface area contributed by atoms with Gasteiger partial charge in [-0.2, -0.15) is 0 Å². The summed E-state index contributed by atoms with van der Waals surface area (Å²) in [6, 6.07) is 15.2. The summed E-state index contributed by atoms with van der Waals surface area (Å²) in [5.74, 6) is -0.641. The Bertz CT molecular complexity index is 739. The maximum Gasteiger partial charge on any atom is 0.344 e. The van der Waals surface area contributed by atoms with Crippen molar-refractivity contribution in [1.29, 1.82) is 0 Å². The first-order valence-electron chi connectivity index (χ1n) is 7.32. The number of carbonyl (C=O) groups is 1. The Labute approximate surface area is 134 Å². The van der Waals surface area contributed by atoms with E-state index in [0.717, 1.165) is 11.3 Å². The molecule has 3 rings (SSSR count). The van der Waals surface area contributed by atoms with Gasteiger partial charge in [-0.15, -0.1) is 0 Å². The molecule has 0 radical (unpaired) electrons. The third-order valence-electron chi connectivity index (χ3n) is 3.51. The molecule has 1 atom stereocenters. The predicted octanol–water partition coefficient (Wildman–Crippen LogP) is 2.63. The number of pyridine rings is 1. The summed E-state index contributed by atoms with van der Waals surface area (Å²) < 4.78 is 5.20. The van der Waals surface area contributed by atoms with Gasteiger partial charge in [0.15, 0.2) is 6.10 Å². The van der Waals surface area contributed by atoms with Gasteiger partial charge >= 0.3 is 5.97 Å². The average molecular weight is 308 g/mol. The van der Waals surface area contributed by atoms with E-state index in [1.807, 2.05) is 48.5 Å². The minimum atomic E-state index is -0.699. The molecule has 5 heteroatoms. The van der Waals surface area contributed by atoms with Gasteiger partial charge in [0, 0.05) is 24.5 Å². The van der Waals surface area contributed by atoms with Crippen molar-refractivity contribution in [2.24, 2.45) is 4.99 Å². The van der Waals surface area contributed by atoms with Crippen LogP contribution in [0, 0.1) is 0 Å². The van der Waals surface area contributed by atoms with E-state index in [0.29, 0.717) is 13.0 Å². The van der Waals surface area contributed by atoms with E-state index in [-0.39, 0.29) is 11.3 Å². The van der Waals surface area contributed by atoms with Crippen molar-refractivity contribution >= 4 is 12.2 Å². The van der Waals surface area contributed by atoms with Crippen molar-refractivity contribution in [3.63, 3.8) is 0 Å². The van der Waals surface area contributed by atoms with Crippen LogP contribution in [-0.2, 0) is 22.5 Å². The summed E-state index contributed by atoms with van der Waals surface area (Å²) >= 11 is 0. The molecule has 0 amide bonds. The van der Waals surface area contributed by atoms with Crippen LogP contribution in [0.4, 0.5) is 0 Å². The van der Waals surface area contributed by atoms with Crippen LogP contribution in [0.2, 0.25) is 0 Å². The van der Waals surface area contributed by atoms with Crippen LogP contribution in [0.3, 0.4) is 0 Å². The summed E-state index contributed by atoms with van der Waals surface area (Å²) in [4.78, 5) is 20.3. The number of aliphatic hydroxyl groups excluding tert-OH is 1. The Balaban J connectivity index is 1.69. The van der Waals surface area contributed by atoms with Crippen LogP contribution >= 0.6 is 0 Å². The van der Waals surface area contributed by atoms with Crippen LogP contribution in [0.1, 0.15) is 11.3 Å². The highest BCUT2D eigenvalue weighted by Gasteiger charge is 2.33. The van der Waals surface area contributed by atoms with Crippen LogP contribution in [0.15, 0.2) is 71.1 Å². The van der Waals surface area contributed by atoms with Crippen molar-refractivity contribution in [3.05, 3.63) is 77.3 Å². The SMILES string of the molecule is O=C1OC(Cc2ccccn2)C(O)=C1C=NCc1ccccc1. The lowest BCUT2D eigenvalue weighted by Gasteiger charge is -2.08. The topological polar surface area (TPSA) is 71.8 Å². The molecule has 116 valence electrons. The molecule has 2 aromatic rings. The molecule has 1 aromatic carbocycles. The second-order valence-electron chi connectivity index (χ2n) is 5.17. The zero-order valence-electron chi connectivity index (χ0n) is 12.4. The maximum atomic E-state index is 11.9. The van der Waals surface area contributed by atoms with Gasteiger partial charge in [-0.25, -0.2) is 4.79 Å². The Hall–Kier alpha value is -2.95. The first-order chi connectivity index (χ1) is 11.2. The number of nitrogens with zero attached hydrogens (tertiary/aromatic N) is 2. The molecular weight excluding hydrogens is 292 g/mol. The first-order valence-corrected chi connectivity index (χ1v) is 7.32. The summed E-state index contributed by atoms with van der Waals surface area (Å²) in [6.07, 6.45) is 2.68. The fourth-order valence-electron chi connectivity index (χ4n) is 2.32. The molecule has 1 unspecified atom stereocenters. The molecule has 0 spiro atoms. The number of hydrogen-bond donors (Lipinski definition) is 1. The van der Waals surface area contributed by atoms with Gasteiger partial charge in [0.2, 0.25) is 0 Å². The Morgan fingerprint density at radius 1 is 1.17 bits per heavy atom. The zero-order valence-corrected chi connectivity index (χ0v) is 12.4. The number of ether oxygens (including phenoxy) is 1. The molecule has 1 aliphatic heterocycles. The van der Waals surface area contributed by atoms with Crippen LogP contribution < -0.4 is 0 Å². The molecule has 1 aromatic heterocycles. The lowest BCUT2D eigenvalue weighted by atomic mass is 10.1. The highest BCUT2D eigenvalue weighted by molar-refractivity contribution is 6.11. The van der Waals surface area contributed by atoms with Crippen molar-refractivity contribution < 1.29 is 14.6 Å². The van der Waals surface area contributed by atoms with E-state index >= 15 is 0 Å². The average Bonchev–Trinajstić information content (AvgIpc) is 2.84. The summed E-state index contributed by atoms with van der Waals surface area (Å²) in [6.45, 7) is 0.440. The number of benzene rings is 1. The van der Waals surface area contributed by atoms with Crippen LogP contribution in [0.25, 0.3) is 0 Å². The van der Waals surface area contributed by atoms with Gasteiger partial charge in [-0.05, 0) is 17.7 Å². The van der Waals surface area contributed by atoms with E-state index in [1.54, 1.807) is 6.20 Å². The van der Waals surface area contributed by atoms with E-state index in [2.05, 4.69) is 9.98 Å². The van der Waals surface area contributed by atoms with Gasteiger partial charge in [-0.1, -0.05) is 36.4 Å². The number of esters is 1. The van der Waals surface area contributed by atoms with Gasteiger partial charge in [0.1, 0.15) is 11.3 Å². The van der Waals surface area contributed by atoms with Crippen LogP contribution in [0.5, 0.6) is 0 Å². The van der Waals surface area contributed by atoms with E-state index in [4.69, 9.17) is 4.74 Å². The molecule has 0 aliphatic carbocycles. The molecule has 23 heavy (non-hydrogen) atoms. The Morgan fingerprint density at radius 2 is 1.96 bits per heavy atom. The highest BCUT2D eigenvalue weighted by Crippen LogP contribution is 2.22. The van der Waals surface area contributed by atoms with Crippen molar-refractivity contribution in [1.82, 2.24) is 4.98 Å².